The van der Waals surface area contributed by atoms with Gasteiger partial charge in [-0.15, -0.1) is 0 Å². The lowest BCUT2D eigenvalue weighted by Gasteiger charge is -2.27. The molecule has 1 aliphatic heterocycles. The highest BCUT2D eigenvalue weighted by Crippen LogP contribution is 2.11. The average Bonchev–Trinajstić information content (AvgIpc) is 2.70. The van der Waals surface area contributed by atoms with Gasteiger partial charge in [0, 0.05) is 31.5 Å². The minimum absolute atomic E-state index is 0.0459. The van der Waals surface area contributed by atoms with Crippen molar-refractivity contribution < 1.29 is 9.59 Å². The van der Waals surface area contributed by atoms with E-state index in [2.05, 4.69) is 10.3 Å². The number of nitrogens with zero attached hydrogens (tertiary/aromatic N) is 3. The molecule has 1 saturated heterocycles. The summed E-state index contributed by atoms with van der Waals surface area (Å²) in [4.78, 5) is 43.1. The highest BCUT2D eigenvalue weighted by molar-refractivity contribution is 5.94. The van der Waals surface area contributed by atoms with Crippen molar-refractivity contribution in [2.75, 3.05) is 13.1 Å². The Morgan fingerprint density at radius 2 is 1.93 bits per heavy atom. The summed E-state index contributed by atoms with van der Waals surface area (Å²) in [6, 6.07) is 8.04. The maximum Gasteiger partial charge on any atom is 0.253 e. The van der Waals surface area contributed by atoms with Gasteiger partial charge in [0.1, 0.15) is 6.54 Å². The lowest BCUT2D eigenvalue weighted by atomic mass is 10.1. The maximum atomic E-state index is 12.5. The van der Waals surface area contributed by atoms with Gasteiger partial charge >= 0.3 is 0 Å². The summed E-state index contributed by atoms with van der Waals surface area (Å²) < 4.78 is 1.30. The monoisotopic (exact) mass is 368 g/mol. The number of piperidine rings is 1. The van der Waals surface area contributed by atoms with Crippen molar-refractivity contribution in [2.24, 2.45) is 0 Å². The number of amides is 2. The molecule has 142 valence electrons. The highest BCUT2D eigenvalue weighted by atomic mass is 16.2. The fourth-order valence-electron chi connectivity index (χ4n) is 3.16. The van der Waals surface area contributed by atoms with Crippen LogP contribution in [0.1, 0.15) is 48.3 Å². The molecule has 1 aliphatic rings. The Morgan fingerprint density at radius 1 is 1.15 bits per heavy atom. The van der Waals surface area contributed by atoms with Crippen LogP contribution in [-0.2, 0) is 11.3 Å². The Labute approximate surface area is 158 Å². The standard InChI is InChI=1S/C20H24N4O3/c1-15(17-7-3-4-10-21-17)22-20(27)16-8-9-18(25)24(13-16)14-19(26)23-11-5-2-6-12-23/h3-4,7-10,13,15H,2,5-6,11-12,14H2,1H3,(H,22,27)/t15-/m1/s1. The van der Waals surface area contributed by atoms with E-state index in [0.717, 1.165) is 38.0 Å². The van der Waals surface area contributed by atoms with Gasteiger partial charge in [0.05, 0.1) is 17.3 Å². The summed E-state index contributed by atoms with van der Waals surface area (Å²) in [5.41, 5.74) is 0.790. The number of nitrogens with one attached hydrogen (secondary N) is 1. The number of likely N-dealkylation sites (tertiary alicyclic amines) is 1. The second-order valence-electron chi connectivity index (χ2n) is 6.78. The first-order valence-corrected chi connectivity index (χ1v) is 9.24. The lowest BCUT2D eigenvalue weighted by molar-refractivity contribution is -0.132. The summed E-state index contributed by atoms with van der Waals surface area (Å²) in [5.74, 6) is -0.400. The number of pyridine rings is 2. The molecular weight excluding hydrogens is 344 g/mol. The summed E-state index contributed by atoms with van der Waals surface area (Å²) in [5, 5.41) is 2.86. The molecule has 1 N–H and O–H groups in total. The van der Waals surface area contributed by atoms with E-state index in [1.807, 2.05) is 25.1 Å². The topological polar surface area (TPSA) is 84.3 Å². The zero-order chi connectivity index (χ0) is 19.2. The van der Waals surface area contributed by atoms with E-state index in [9.17, 15) is 14.4 Å². The molecule has 0 spiro atoms. The van der Waals surface area contributed by atoms with Crippen LogP contribution in [0.25, 0.3) is 0 Å². The van der Waals surface area contributed by atoms with Gasteiger partial charge in [-0.2, -0.15) is 0 Å². The fourth-order valence-corrected chi connectivity index (χ4v) is 3.16. The average molecular weight is 368 g/mol. The van der Waals surface area contributed by atoms with Crippen molar-refractivity contribution in [1.82, 2.24) is 19.8 Å². The zero-order valence-corrected chi connectivity index (χ0v) is 15.4. The van der Waals surface area contributed by atoms with Crippen LogP contribution in [-0.4, -0.2) is 39.4 Å². The quantitative estimate of drug-likeness (QED) is 0.871. The minimum atomic E-state index is -0.313. The molecule has 3 rings (SSSR count). The molecule has 0 aliphatic carbocycles. The molecule has 2 aromatic heterocycles. The third-order valence-corrected chi connectivity index (χ3v) is 4.74. The zero-order valence-electron chi connectivity index (χ0n) is 15.4. The summed E-state index contributed by atoms with van der Waals surface area (Å²) in [6.45, 7) is 3.26. The lowest BCUT2D eigenvalue weighted by Crippen LogP contribution is -2.39. The van der Waals surface area contributed by atoms with Gasteiger partial charge in [0.2, 0.25) is 5.91 Å². The molecule has 7 nitrogen and oxygen atoms in total. The molecule has 0 bridgehead atoms. The van der Waals surface area contributed by atoms with Crippen LogP contribution in [0.4, 0.5) is 0 Å². The molecule has 0 saturated carbocycles. The van der Waals surface area contributed by atoms with Gasteiger partial charge in [0.25, 0.3) is 11.5 Å². The minimum Gasteiger partial charge on any atom is -0.344 e. The van der Waals surface area contributed by atoms with Crippen LogP contribution >= 0.6 is 0 Å². The number of aromatic nitrogens is 2. The smallest absolute Gasteiger partial charge is 0.253 e. The Bertz CT molecular complexity index is 857. The van der Waals surface area contributed by atoms with Gasteiger partial charge in [-0.25, -0.2) is 0 Å². The number of hydrogen-bond donors (Lipinski definition) is 1. The predicted octanol–water partition coefficient (Wildman–Crippen LogP) is 1.75. The first-order valence-electron chi connectivity index (χ1n) is 9.24. The van der Waals surface area contributed by atoms with Gasteiger partial charge in [-0.3, -0.25) is 19.4 Å². The Balaban J connectivity index is 1.69. The second-order valence-corrected chi connectivity index (χ2v) is 6.78. The molecule has 0 unspecified atom stereocenters. The van der Waals surface area contributed by atoms with Crippen molar-refractivity contribution in [3.63, 3.8) is 0 Å². The van der Waals surface area contributed by atoms with Crippen LogP contribution < -0.4 is 10.9 Å². The predicted molar refractivity (Wildman–Crippen MR) is 101 cm³/mol. The first kappa shape index (κ1) is 18.8. The van der Waals surface area contributed by atoms with Crippen LogP contribution in [0.5, 0.6) is 0 Å². The van der Waals surface area contributed by atoms with E-state index in [1.54, 1.807) is 11.1 Å². The molecule has 2 aromatic rings. The number of hydrogen-bond acceptors (Lipinski definition) is 4. The van der Waals surface area contributed by atoms with Gasteiger partial charge in [-0.1, -0.05) is 6.07 Å². The number of carbonyl (C=O) groups excluding carboxylic acids is 2. The molecular formula is C20H24N4O3. The van der Waals surface area contributed by atoms with Gasteiger partial charge in [0.15, 0.2) is 0 Å². The van der Waals surface area contributed by atoms with E-state index >= 15 is 0 Å². The number of rotatable bonds is 5. The Kier molecular flexibility index (Phi) is 6.01. The third kappa shape index (κ3) is 4.81. The van der Waals surface area contributed by atoms with Crippen LogP contribution in [0.3, 0.4) is 0 Å². The van der Waals surface area contributed by atoms with Crippen molar-refractivity contribution in [3.8, 4) is 0 Å². The molecule has 2 amide bonds. The van der Waals surface area contributed by atoms with Crippen molar-refractivity contribution in [1.29, 1.82) is 0 Å². The summed E-state index contributed by atoms with van der Waals surface area (Å²) in [6.07, 6.45) is 6.24. The molecule has 27 heavy (non-hydrogen) atoms. The van der Waals surface area contributed by atoms with Crippen LogP contribution in [0.15, 0.2) is 47.5 Å². The second kappa shape index (κ2) is 8.62. The first-order chi connectivity index (χ1) is 13.0. The van der Waals surface area contributed by atoms with Crippen molar-refractivity contribution in [2.45, 2.75) is 38.8 Å². The van der Waals surface area contributed by atoms with E-state index in [4.69, 9.17) is 0 Å². The van der Waals surface area contributed by atoms with E-state index in [0.29, 0.717) is 5.56 Å². The third-order valence-electron chi connectivity index (χ3n) is 4.74. The van der Waals surface area contributed by atoms with Crippen LogP contribution in [0.2, 0.25) is 0 Å². The molecule has 3 heterocycles. The van der Waals surface area contributed by atoms with Crippen molar-refractivity contribution in [3.05, 3.63) is 64.3 Å². The molecule has 1 fully saturated rings. The van der Waals surface area contributed by atoms with E-state index in [1.165, 1.54) is 22.9 Å². The largest absolute Gasteiger partial charge is 0.344 e. The van der Waals surface area contributed by atoms with Gasteiger partial charge in [-0.05, 0) is 44.4 Å². The summed E-state index contributed by atoms with van der Waals surface area (Å²) in [7, 11) is 0. The molecule has 1 atom stereocenters. The summed E-state index contributed by atoms with van der Waals surface area (Å²) >= 11 is 0. The normalized spacial score (nSPS) is 15.2. The van der Waals surface area contributed by atoms with E-state index in [-0.39, 0.29) is 30.0 Å². The van der Waals surface area contributed by atoms with Gasteiger partial charge < -0.3 is 14.8 Å². The maximum absolute atomic E-state index is 12.5. The van der Waals surface area contributed by atoms with Crippen LogP contribution in [0, 0.1) is 0 Å². The SMILES string of the molecule is C[C@@H](NC(=O)c1ccc(=O)n(CC(=O)N2CCCCC2)c1)c1ccccn1. The molecule has 7 heteroatoms. The number of carbonyl (C=O) groups is 2. The highest BCUT2D eigenvalue weighted by Gasteiger charge is 2.18. The Morgan fingerprint density at radius 3 is 2.63 bits per heavy atom. The molecule has 0 radical (unpaired) electrons. The fraction of sp³-hybridized carbons (Fsp3) is 0.400. The van der Waals surface area contributed by atoms with Crippen molar-refractivity contribution >= 4 is 11.8 Å². The molecule has 0 aromatic carbocycles. The van der Waals surface area contributed by atoms with E-state index < -0.39 is 0 Å². The Hall–Kier alpha value is -2.96.